The summed E-state index contributed by atoms with van der Waals surface area (Å²) < 4.78 is 0. The van der Waals surface area contributed by atoms with E-state index in [4.69, 9.17) is 0 Å². The minimum Gasteiger partial charge on any atom is -0.341 e. The molecule has 0 unspecified atom stereocenters. The first-order chi connectivity index (χ1) is 9.06. The monoisotopic (exact) mass is 324 g/mol. The third kappa shape index (κ3) is 2.66. The van der Waals surface area contributed by atoms with Crippen molar-refractivity contribution in [1.29, 1.82) is 0 Å². The number of anilines is 1. The summed E-state index contributed by atoms with van der Waals surface area (Å²) in [7, 11) is 0. The number of nitrogens with zero attached hydrogens (tertiary/aromatic N) is 1. The highest BCUT2D eigenvalue weighted by Crippen LogP contribution is 2.38. The third-order valence-electron chi connectivity index (χ3n) is 3.23. The zero-order valence-electron chi connectivity index (χ0n) is 11.1. The number of rotatable bonds is 4. The lowest BCUT2D eigenvalue weighted by Gasteiger charge is -2.19. The standard InChI is InChI=1S/C14H17BrN2O2/c1-9-5-3-6-11-12(16-10(2)18)14(19)17(13(9)11)8-4-7-15/h3,5-6,12H,4,7-8H2,1-2H3,(H,16,18)/t12-/m1/s1. The van der Waals surface area contributed by atoms with Crippen LogP contribution in [-0.2, 0) is 9.59 Å². The molecule has 1 heterocycles. The maximum atomic E-state index is 12.5. The SMILES string of the molecule is CC(=O)N[C@H]1C(=O)N(CCCBr)c2c(C)cccc21. The Bertz CT molecular complexity index is 516. The fraction of sp³-hybridized carbons (Fsp3) is 0.429. The summed E-state index contributed by atoms with van der Waals surface area (Å²) in [5, 5.41) is 3.59. The first-order valence-corrected chi connectivity index (χ1v) is 7.42. The number of carbonyl (C=O) groups excluding carboxylic acids is 2. The van der Waals surface area contributed by atoms with E-state index in [9.17, 15) is 9.59 Å². The number of nitrogens with one attached hydrogen (secondary N) is 1. The molecule has 0 aromatic heterocycles. The number of aryl methyl sites for hydroxylation is 1. The Morgan fingerprint density at radius 2 is 2.21 bits per heavy atom. The smallest absolute Gasteiger partial charge is 0.254 e. The highest BCUT2D eigenvalue weighted by Gasteiger charge is 2.38. The molecule has 1 aromatic carbocycles. The van der Waals surface area contributed by atoms with Crippen LogP contribution in [0.2, 0.25) is 0 Å². The molecule has 0 radical (unpaired) electrons. The van der Waals surface area contributed by atoms with Gasteiger partial charge < -0.3 is 10.2 Å². The van der Waals surface area contributed by atoms with Gasteiger partial charge in [-0.15, -0.1) is 0 Å². The average Bonchev–Trinajstić information content (AvgIpc) is 2.62. The summed E-state index contributed by atoms with van der Waals surface area (Å²) in [5.74, 6) is -0.228. The lowest BCUT2D eigenvalue weighted by molar-refractivity contribution is -0.126. The van der Waals surface area contributed by atoms with Crippen molar-refractivity contribution < 1.29 is 9.59 Å². The van der Waals surface area contributed by atoms with Crippen LogP contribution in [0.1, 0.15) is 30.5 Å². The predicted molar refractivity (Wildman–Crippen MR) is 78.5 cm³/mol. The van der Waals surface area contributed by atoms with Crippen molar-refractivity contribution in [3.63, 3.8) is 0 Å². The van der Waals surface area contributed by atoms with E-state index in [0.29, 0.717) is 6.54 Å². The van der Waals surface area contributed by atoms with Crippen LogP contribution in [0.3, 0.4) is 0 Å². The molecule has 102 valence electrons. The number of hydrogen-bond acceptors (Lipinski definition) is 2. The molecular formula is C14H17BrN2O2. The van der Waals surface area contributed by atoms with E-state index >= 15 is 0 Å². The molecule has 19 heavy (non-hydrogen) atoms. The van der Waals surface area contributed by atoms with Crippen LogP contribution in [0.25, 0.3) is 0 Å². The minimum absolute atomic E-state index is 0.0412. The highest BCUT2D eigenvalue weighted by molar-refractivity contribution is 9.09. The van der Waals surface area contributed by atoms with Gasteiger partial charge in [0.15, 0.2) is 0 Å². The van der Waals surface area contributed by atoms with Gasteiger partial charge in [-0.05, 0) is 18.9 Å². The molecule has 0 bridgehead atoms. The van der Waals surface area contributed by atoms with E-state index in [0.717, 1.165) is 28.6 Å². The Hall–Kier alpha value is -1.36. The van der Waals surface area contributed by atoms with Crippen LogP contribution in [0.5, 0.6) is 0 Å². The van der Waals surface area contributed by atoms with Crippen LogP contribution in [0.4, 0.5) is 5.69 Å². The Balaban J connectivity index is 2.40. The lowest BCUT2D eigenvalue weighted by Crippen LogP contribution is -2.37. The van der Waals surface area contributed by atoms with Gasteiger partial charge in [-0.3, -0.25) is 9.59 Å². The van der Waals surface area contributed by atoms with Gasteiger partial charge in [-0.1, -0.05) is 34.1 Å². The van der Waals surface area contributed by atoms with Crippen molar-refractivity contribution in [3.05, 3.63) is 29.3 Å². The summed E-state index contributed by atoms with van der Waals surface area (Å²) in [6, 6.07) is 5.28. The Morgan fingerprint density at radius 3 is 2.84 bits per heavy atom. The van der Waals surface area contributed by atoms with Crippen LogP contribution in [-0.4, -0.2) is 23.7 Å². The van der Waals surface area contributed by atoms with Crippen molar-refractivity contribution in [3.8, 4) is 0 Å². The van der Waals surface area contributed by atoms with E-state index in [2.05, 4.69) is 21.2 Å². The number of para-hydroxylation sites is 1. The normalized spacial score (nSPS) is 17.5. The van der Waals surface area contributed by atoms with E-state index in [1.807, 2.05) is 25.1 Å². The molecule has 0 aliphatic carbocycles. The average molecular weight is 325 g/mol. The van der Waals surface area contributed by atoms with Crippen molar-refractivity contribution in [2.24, 2.45) is 0 Å². The maximum Gasteiger partial charge on any atom is 0.254 e. The number of carbonyl (C=O) groups is 2. The molecular weight excluding hydrogens is 308 g/mol. The van der Waals surface area contributed by atoms with Crippen LogP contribution < -0.4 is 10.2 Å². The second kappa shape index (κ2) is 5.74. The molecule has 4 nitrogen and oxygen atoms in total. The summed E-state index contributed by atoms with van der Waals surface area (Å²) in [5.41, 5.74) is 2.91. The summed E-state index contributed by atoms with van der Waals surface area (Å²) >= 11 is 3.38. The van der Waals surface area contributed by atoms with Gasteiger partial charge in [-0.25, -0.2) is 0 Å². The molecule has 1 aromatic rings. The zero-order chi connectivity index (χ0) is 14.0. The number of amides is 2. The molecule has 1 N–H and O–H groups in total. The Morgan fingerprint density at radius 1 is 1.47 bits per heavy atom. The fourth-order valence-corrected chi connectivity index (χ4v) is 2.72. The summed E-state index contributed by atoms with van der Waals surface area (Å²) in [4.78, 5) is 25.5. The third-order valence-corrected chi connectivity index (χ3v) is 3.79. The first-order valence-electron chi connectivity index (χ1n) is 6.30. The zero-order valence-corrected chi connectivity index (χ0v) is 12.7. The number of fused-ring (bicyclic) bond motifs is 1. The fourth-order valence-electron chi connectivity index (χ4n) is 2.46. The van der Waals surface area contributed by atoms with Gasteiger partial charge in [0, 0.05) is 24.4 Å². The van der Waals surface area contributed by atoms with Gasteiger partial charge in [0.2, 0.25) is 5.91 Å². The van der Waals surface area contributed by atoms with Gasteiger partial charge in [0.05, 0.1) is 5.69 Å². The maximum absolute atomic E-state index is 12.5. The number of halogens is 1. The molecule has 0 saturated carbocycles. The van der Waals surface area contributed by atoms with Gasteiger partial charge in [0.1, 0.15) is 6.04 Å². The quantitative estimate of drug-likeness (QED) is 0.864. The van der Waals surface area contributed by atoms with Crippen LogP contribution >= 0.6 is 15.9 Å². The van der Waals surface area contributed by atoms with Crippen molar-refractivity contribution in [1.82, 2.24) is 5.32 Å². The summed E-state index contributed by atoms with van der Waals surface area (Å²) in [6.07, 6.45) is 0.881. The summed E-state index contributed by atoms with van der Waals surface area (Å²) in [6.45, 7) is 4.09. The second-order valence-electron chi connectivity index (χ2n) is 4.68. The van der Waals surface area contributed by atoms with Crippen molar-refractivity contribution in [2.45, 2.75) is 26.3 Å². The van der Waals surface area contributed by atoms with Crippen LogP contribution in [0.15, 0.2) is 18.2 Å². The van der Waals surface area contributed by atoms with Gasteiger partial charge in [0.25, 0.3) is 5.91 Å². The topological polar surface area (TPSA) is 49.4 Å². The second-order valence-corrected chi connectivity index (χ2v) is 5.47. The highest BCUT2D eigenvalue weighted by atomic mass is 79.9. The van der Waals surface area contributed by atoms with E-state index in [1.165, 1.54) is 6.92 Å². The molecule has 1 atom stereocenters. The Kier molecular flexibility index (Phi) is 4.24. The number of hydrogen-bond donors (Lipinski definition) is 1. The molecule has 2 amide bonds. The molecule has 0 fully saturated rings. The van der Waals surface area contributed by atoms with Crippen molar-refractivity contribution >= 4 is 33.4 Å². The number of benzene rings is 1. The minimum atomic E-state index is -0.539. The van der Waals surface area contributed by atoms with E-state index < -0.39 is 6.04 Å². The lowest BCUT2D eigenvalue weighted by atomic mass is 10.1. The molecule has 1 aliphatic heterocycles. The van der Waals surface area contributed by atoms with Gasteiger partial charge in [-0.2, -0.15) is 0 Å². The van der Waals surface area contributed by atoms with Crippen LogP contribution in [0, 0.1) is 6.92 Å². The van der Waals surface area contributed by atoms with Crippen molar-refractivity contribution in [2.75, 3.05) is 16.8 Å². The van der Waals surface area contributed by atoms with E-state index in [-0.39, 0.29) is 11.8 Å². The predicted octanol–water partition coefficient (Wildman–Crippen LogP) is 2.30. The molecule has 2 rings (SSSR count). The Labute approximate surface area is 121 Å². The van der Waals surface area contributed by atoms with Gasteiger partial charge >= 0.3 is 0 Å². The molecule has 5 heteroatoms. The molecule has 1 aliphatic rings. The molecule has 0 saturated heterocycles. The first kappa shape index (κ1) is 14.1. The molecule has 0 spiro atoms. The largest absolute Gasteiger partial charge is 0.341 e. The van der Waals surface area contributed by atoms with E-state index in [1.54, 1.807) is 4.90 Å². The number of alkyl halides is 1.